The summed E-state index contributed by atoms with van der Waals surface area (Å²) in [6.45, 7) is 3.01. The summed E-state index contributed by atoms with van der Waals surface area (Å²) in [5.41, 5.74) is 0. The number of amides is 1. The molecule has 2 rings (SSSR count). The van der Waals surface area contributed by atoms with Gasteiger partial charge in [0, 0.05) is 26.2 Å². The van der Waals surface area contributed by atoms with Crippen LogP contribution in [-0.4, -0.2) is 43.6 Å². The molecule has 0 unspecified atom stereocenters. The molecule has 1 heterocycles. The standard InChI is InChI=1S/C12H14Cl2N2O2.ClH/c13-9-2-1-3-10(14)12(9)18-8-11(17)16-6-4-15-5-7-16;/h1-3,15H,4-8H2;1H. The molecule has 0 aliphatic carbocycles. The first-order valence-corrected chi connectivity index (χ1v) is 6.49. The van der Waals surface area contributed by atoms with Crippen molar-refractivity contribution in [1.82, 2.24) is 10.2 Å². The van der Waals surface area contributed by atoms with E-state index in [4.69, 9.17) is 27.9 Å². The summed E-state index contributed by atoms with van der Waals surface area (Å²) in [4.78, 5) is 13.6. The van der Waals surface area contributed by atoms with E-state index in [0.29, 0.717) is 28.9 Å². The van der Waals surface area contributed by atoms with Crippen molar-refractivity contribution in [3.05, 3.63) is 28.2 Å². The number of hydrogen-bond donors (Lipinski definition) is 1. The number of nitrogens with zero attached hydrogens (tertiary/aromatic N) is 1. The van der Waals surface area contributed by atoms with Gasteiger partial charge in [0.05, 0.1) is 10.0 Å². The van der Waals surface area contributed by atoms with Gasteiger partial charge in [0.15, 0.2) is 12.4 Å². The Bertz CT molecular complexity index is 417. The third-order valence-electron chi connectivity index (χ3n) is 2.73. The quantitative estimate of drug-likeness (QED) is 0.926. The SMILES string of the molecule is Cl.O=C(COc1c(Cl)cccc1Cl)N1CCNCC1. The molecule has 1 saturated heterocycles. The lowest BCUT2D eigenvalue weighted by Gasteiger charge is -2.27. The van der Waals surface area contributed by atoms with Gasteiger partial charge in [0.2, 0.25) is 0 Å². The molecule has 0 spiro atoms. The number of piperazine rings is 1. The number of hydrogen-bond acceptors (Lipinski definition) is 3. The Balaban J connectivity index is 0.00000180. The van der Waals surface area contributed by atoms with E-state index in [-0.39, 0.29) is 24.9 Å². The third kappa shape index (κ3) is 4.42. The van der Waals surface area contributed by atoms with E-state index in [2.05, 4.69) is 5.32 Å². The lowest BCUT2D eigenvalue weighted by molar-refractivity contribution is -0.133. The van der Waals surface area contributed by atoms with E-state index in [9.17, 15) is 4.79 Å². The second kappa shape index (κ2) is 7.80. The smallest absolute Gasteiger partial charge is 0.260 e. The topological polar surface area (TPSA) is 41.6 Å². The summed E-state index contributed by atoms with van der Waals surface area (Å²) in [6, 6.07) is 5.09. The van der Waals surface area contributed by atoms with Crippen molar-refractivity contribution < 1.29 is 9.53 Å². The molecule has 1 aliphatic heterocycles. The molecular formula is C12H15Cl3N2O2. The highest BCUT2D eigenvalue weighted by Gasteiger charge is 2.17. The summed E-state index contributed by atoms with van der Waals surface area (Å²) in [5.74, 6) is 0.316. The molecule has 1 aromatic rings. The predicted molar refractivity (Wildman–Crippen MR) is 78.7 cm³/mol. The van der Waals surface area contributed by atoms with Crippen LogP contribution >= 0.6 is 35.6 Å². The van der Waals surface area contributed by atoms with Gasteiger partial charge in [-0.15, -0.1) is 12.4 Å². The van der Waals surface area contributed by atoms with Gasteiger partial charge in [-0.3, -0.25) is 4.79 Å². The maximum atomic E-state index is 11.9. The van der Waals surface area contributed by atoms with Crippen LogP contribution in [0.1, 0.15) is 0 Å². The average molecular weight is 326 g/mol. The fraction of sp³-hybridized carbons (Fsp3) is 0.417. The van der Waals surface area contributed by atoms with Crippen molar-refractivity contribution in [2.45, 2.75) is 0 Å². The Morgan fingerprint density at radius 1 is 1.26 bits per heavy atom. The van der Waals surface area contributed by atoms with Gasteiger partial charge in [-0.25, -0.2) is 0 Å². The highest BCUT2D eigenvalue weighted by Crippen LogP contribution is 2.32. The summed E-state index contributed by atoms with van der Waals surface area (Å²) >= 11 is 11.9. The Hall–Kier alpha value is -0.680. The van der Waals surface area contributed by atoms with E-state index in [1.54, 1.807) is 23.1 Å². The van der Waals surface area contributed by atoms with Crippen molar-refractivity contribution in [2.24, 2.45) is 0 Å². The van der Waals surface area contributed by atoms with Crippen LogP contribution in [0.2, 0.25) is 10.0 Å². The van der Waals surface area contributed by atoms with Gasteiger partial charge >= 0.3 is 0 Å². The van der Waals surface area contributed by atoms with Gasteiger partial charge in [0.1, 0.15) is 0 Å². The highest BCUT2D eigenvalue weighted by molar-refractivity contribution is 6.37. The van der Waals surface area contributed by atoms with Crippen LogP contribution in [0.15, 0.2) is 18.2 Å². The molecular weight excluding hydrogens is 311 g/mol. The Morgan fingerprint density at radius 3 is 2.42 bits per heavy atom. The minimum atomic E-state index is -0.0486. The number of benzene rings is 1. The van der Waals surface area contributed by atoms with E-state index < -0.39 is 0 Å². The average Bonchev–Trinajstić information content (AvgIpc) is 2.39. The zero-order valence-corrected chi connectivity index (χ0v) is 12.5. The summed E-state index contributed by atoms with van der Waals surface area (Å²) in [5, 5.41) is 4.01. The summed E-state index contributed by atoms with van der Waals surface area (Å²) in [6.07, 6.45) is 0. The molecule has 0 atom stereocenters. The fourth-order valence-corrected chi connectivity index (χ4v) is 2.27. The van der Waals surface area contributed by atoms with Crippen molar-refractivity contribution in [3.8, 4) is 5.75 Å². The second-order valence-electron chi connectivity index (χ2n) is 3.97. The molecule has 0 radical (unpaired) electrons. The molecule has 1 aromatic carbocycles. The molecule has 7 heteroatoms. The first-order valence-electron chi connectivity index (χ1n) is 5.74. The molecule has 1 aliphatic rings. The lowest BCUT2D eigenvalue weighted by Crippen LogP contribution is -2.47. The van der Waals surface area contributed by atoms with Crippen LogP contribution in [0.25, 0.3) is 0 Å². The van der Waals surface area contributed by atoms with Gasteiger partial charge in [-0.05, 0) is 12.1 Å². The van der Waals surface area contributed by atoms with Crippen molar-refractivity contribution in [2.75, 3.05) is 32.8 Å². The van der Waals surface area contributed by atoms with Crippen LogP contribution in [0.3, 0.4) is 0 Å². The number of carbonyl (C=O) groups is 1. The van der Waals surface area contributed by atoms with Crippen LogP contribution in [-0.2, 0) is 4.79 Å². The Kier molecular flexibility index (Phi) is 6.72. The largest absolute Gasteiger partial charge is 0.481 e. The second-order valence-corrected chi connectivity index (χ2v) is 4.78. The zero-order valence-electron chi connectivity index (χ0n) is 10.2. The van der Waals surface area contributed by atoms with E-state index in [1.165, 1.54) is 0 Å². The molecule has 1 N–H and O–H groups in total. The number of nitrogens with one attached hydrogen (secondary N) is 1. The molecule has 0 bridgehead atoms. The normalized spacial score (nSPS) is 14.7. The molecule has 19 heavy (non-hydrogen) atoms. The number of para-hydroxylation sites is 1. The van der Waals surface area contributed by atoms with E-state index in [1.807, 2.05) is 0 Å². The number of carbonyl (C=O) groups excluding carboxylic acids is 1. The van der Waals surface area contributed by atoms with Crippen LogP contribution in [0.4, 0.5) is 0 Å². The maximum Gasteiger partial charge on any atom is 0.260 e. The minimum absolute atomic E-state index is 0. The monoisotopic (exact) mass is 324 g/mol. The number of ether oxygens (including phenoxy) is 1. The van der Waals surface area contributed by atoms with E-state index in [0.717, 1.165) is 13.1 Å². The van der Waals surface area contributed by atoms with Crippen molar-refractivity contribution in [3.63, 3.8) is 0 Å². The van der Waals surface area contributed by atoms with Gasteiger partial charge in [-0.2, -0.15) is 0 Å². The fourth-order valence-electron chi connectivity index (χ4n) is 1.76. The molecule has 0 saturated carbocycles. The van der Waals surface area contributed by atoms with Gasteiger partial charge in [-0.1, -0.05) is 29.3 Å². The zero-order chi connectivity index (χ0) is 13.0. The predicted octanol–water partition coefficient (Wildman–Crippen LogP) is 2.23. The van der Waals surface area contributed by atoms with Crippen molar-refractivity contribution >= 4 is 41.5 Å². The summed E-state index contributed by atoms with van der Waals surface area (Å²) < 4.78 is 5.41. The number of rotatable bonds is 3. The molecule has 1 fully saturated rings. The first-order chi connectivity index (χ1) is 8.68. The van der Waals surface area contributed by atoms with Crippen molar-refractivity contribution in [1.29, 1.82) is 0 Å². The molecule has 1 amide bonds. The van der Waals surface area contributed by atoms with E-state index >= 15 is 0 Å². The van der Waals surface area contributed by atoms with Crippen LogP contribution in [0, 0.1) is 0 Å². The Morgan fingerprint density at radius 2 is 1.84 bits per heavy atom. The molecule has 4 nitrogen and oxygen atoms in total. The minimum Gasteiger partial charge on any atom is -0.481 e. The summed E-state index contributed by atoms with van der Waals surface area (Å²) in [7, 11) is 0. The van der Waals surface area contributed by atoms with Gasteiger partial charge in [0.25, 0.3) is 5.91 Å². The first kappa shape index (κ1) is 16.4. The number of halogens is 3. The third-order valence-corrected chi connectivity index (χ3v) is 3.32. The highest BCUT2D eigenvalue weighted by atomic mass is 35.5. The maximum absolute atomic E-state index is 11.9. The molecule has 106 valence electrons. The van der Waals surface area contributed by atoms with Crippen LogP contribution < -0.4 is 10.1 Å². The van der Waals surface area contributed by atoms with Crippen LogP contribution in [0.5, 0.6) is 5.75 Å². The lowest BCUT2D eigenvalue weighted by atomic mass is 10.3. The van der Waals surface area contributed by atoms with Gasteiger partial charge < -0.3 is 15.0 Å². The Labute approximate surface area is 128 Å². The molecule has 0 aromatic heterocycles.